The monoisotopic (exact) mass is 309 g/mol. The van der Waals surface area contributed by atoms with E-state index in [1.165, 1.54) is 0 Å². The summed E-state index contributed by atoms with van der Waals surface area (Å²) in [5, 5.41) is 8.14. The molecule has 1 N–H and O–H groups in total. The molecule has 2 heterocycles. The third-order valence-electron chi connectivity index (χ3n) is 3.53. The minimum atomic E-state index is 0.316. The molecule has 0 radical (unpaired) electrons. The molecule has 1 aliphatic rings. The van der Waals surface area contributed by atoms with Crippen molar-refractivity contribution in [1.82, 2.24) is 15.5 Å². The lowest BCUT2D eigenvalue weighted by molar-refractivity contribution is 0.341. The Labute approximate surface area is 127 Å². The van der Waals surface area contributed by atoms with Crippen molar-refractivity contribution < 1.29 is 4.52 Å². The standard InChI is InChI=1S/C14H16ClN3OS/c1-16-12-8-20-7-11(12)14-17-13(18-19-14)6-9-2-4-10(15)5-3-9/h2-5,11-12,16H,6-8H2,1H3. The van der Waals surface area contributed by atoms with Gasteiger partial charge in [-0.05, 0) is 24.7 Å². The van der Waals surface area contributed by atoms with Gasteiger partial charge in [0.1, 0.15) is 0 Å². The first-order chi connectivity index (χ1) is 9.76. The lowest BCUT2D eigenvalue weighted by Gasteiger charge is -2.13. The molecule has 106 valence electrons. The lowest BCUT2D eigenvalue weighted by Crippen LogP contribution is -2.31. The number of rotatable bonds is 4. The van der Waals surface area contributed by atoms with Crippen molar-refractivity contribution in [3.05, 3.63) is 46.6 Å². The minimum absolute atomic E-state index is 0.316. The number of hydrogen-bond acceptors (Lipinski definition) is 5. The van der Waals surface area contributed by atoms with E-state index in [9.17, 15) is 0 Å². The Kier molecular flexibility index (Phi) is 4.29. The Hall–Kier alpha value is -1.04. The number of halogens is 1. The fourth-order valence-corrected chi connectivity index (χ4v) is 3.90. The van der Waals surface area contributed by atoms with Gasteiger partial charge < -0.3 is 9.84 Å². The topological polar surface area (TPSA) is 51.0 Å². The Morgan fingerprint density at radius 2 is 2.15 bits per heavy atom. The Balaban J connectivity index is 1.72. The molecule has 20 heavy (non-hydrogen) atoms. The molecule has 4 nitrogen and oxygen atoms in total. The van der Waals surface area contributed by atoms with E-state index >= 15 is 0 Å². The highest BCUT2D eigenvalue weighted by atomic mass is 35.5. The van der Waals surface area contributed by atoms with Gasteiger partial charge in [0.15, 0.2) is 5.82 Å². The van der Waals surface area contributed by atoms with Crippen LogP contribution in [0.15, 0.2) is 28.8 Å². The van der Waals surface area contributed by atoms with Crippen LogP contribution in [0, 0.1) is 0 Å². The van der Waals surface area contributed by atoms with Gasteiger partial charge >= 0.3 is 0 Å². The largest absolute Gasteiger partial charge is 0.339 e. The molecule has 0 aliphatic carbocycles. The number of thioether (sulfide) groups is 1. The molecule has 1 aromatic heterocycles. The van der Waals surface area contributed by atoms with Crippen LogP contribution >= 0.6 is 23.4 Å². The molecule has 0 amide bonds. The minimum Gasteiger partial charge on any atom is -0.339 e. The maximum Gasteiger partial charge on any atom is 0.232 e. The van der Waals surface area contributed by atoms with Crippen molar-refractivity contribution in [3.8, 4) is 0 Å². The number of benzene rings is 1. The summed E-state index contributed by atoms with van der Waals surface area (Å²) in [5.74, 6) is 3.92. The van der Waals surface area contributed by atoms with E-state index in [4.69, 9.17) is 16.1 Å². The van der Waals surface area contributed by atoms with Crippen molar-refractivity contribution in [3.63, 3.8) is 0 Å². The van der Waals surface area contributed by atoms with Crippen LogP contribution in [0.2, 0.25) is 5.02 Å². The summed E-state index contributed by atoms with van der Waals surface area (Å²) >= 11 is 7.80. The predicted octanol–water partition coefficient (Wildman–Crippen LogP) is 2.73. The van der Waals surface area contributed by atoms with Crippen LogP contribution < -0.4 is 5.32 Å². The zero-order valence-corrected chi connectivity index (χ0v) is 12.7. The van der Waals surface area contributed by atoms with Gasteiger partial charge in [-0.15, -0.1) is 0 Å². The molecule has 1 saturated heterocycles. The molecule has 0 bridgehead atoms. The summed E-state index contributed by atoms with van der Waals surface area (Å²) in [6.07, 6.45) is 0.671. The SMILES string of the molecule is CNC1CSCC1c1nc(Cc2ccc(Cl)cc2)no1. The average molecular weight is 310 g/mol. The Morgan fingerprint density at radius 1 is 1.35 bits per heavy atom. The number of likely N-dealkylation sites (N-methyl/N-ethyl adjacent to an activating group) is 1. The van der Waals surface area contributed by atoms with Crippen LogP contribution in [0.4, 0.5) is 0 Å². The first-order valence-electron chi connectivity index (χ1n) is 6.58. The third kappa shape index (κ3) is 3.00. The van der Waals surface area contributed by atoms with Gasteiger partial charge in [0.05, 0.1) is 5.92 Å². The van der Waals surface area contributed by atoms with E-state index in [-0.39, 0.29) is 0 Å². The molecular formula is C14H16ClN3OS. The van der Waals surface area contributed by atoms with E-state index in [0.717, 1.165) is 33.8 Å². The molecule has 0 spiro atoms. The smallest absolute Gasteiger partial charge is 0.232 e. The van der Waals surface area contributed by atoms with Crippen molar-refractivity contribution in [2.45, 2.75) is 18.4 Å². The zero-order chi connectivity index (χ0) is 13.9. The van der Waals surface area contributed by atoms with Crippen LogP contribution in [0.25, 0.3) is 0 Å². The van der Waals surface area contributed by atoms with Crippen LogP contribution in [0.3, 0.4) is 0 Å². The zero-order valence-electron chi connectivity index (χ0n) is 11.2. The Bertz CT molecular complexity index is 572. The predicted molar refractivity (Wildman–Crippen MR) is 81.5 cm³/mol. The summed E-state index contributed by atoms with van der Waals surface area (Å²) in [6, 6.07) is 8.15. The molecule has 1 aliphatic heterocycles. The first-order valence-corrected chi connectivity index (χ1v) is 8.11. The van der Waals surface area contributed by atoms with Gasteiger partial charge in [-0.25, -0.2) is 0 Å². The second kappa shape index (κ2) is 6.16. The van der Waals surface area contributed by atoms with E-state index in [1.807, 2.05) is 43.1 Å². The second-order valence-electron chi connectivity index (χ2n) is 4.89. The molecule has 1 aromatic carbocycles. The van der Waals surface area contributed by atoms with E-state index in [2.05, 4.69) is 15.5 Å². The van der Waals surface area contributed by atoms with Gasteiger partial charge in [0.2, 0.25) is 5.89 Å². The molecule has 2 unspecified atom stereocenters. The number of nitrogens with one attached hydrogen (secondary N) is 1. The maximum atomic E-state index is 5.88. The summed E-state index contributed by atoms with van der Waals surface area (Å²) in [7, 11) is 1.98. The van der Waals surface area contributed by atoms with E-state index in [1.54, 1.807) is 0 Å². The maximum absolute atomic E-state index is 5.88. The lowest BCUT2D eigenvalue weighted by atomic mass is 10.0. The van der Waals surface area contributed by atoms with Crippen LogP contribution in [-0.2, 0) is 6.42 Å². The number of nitrogens with zero attached hydrogens (tertiary/aromatic N) is 2. The van der Waals surface area contributed by atoms with Gasteiger partial charge in [0, 0.05) is 29.0 Å². The summed E-state index contributed by atoms with van der Waals surface area (Å²) < 4.78 is 5.44. The molecule has 3 rings (SSSR count). The molecule has 6 heteroatoms. The molecule has 2 aromatic rings. The summed E-state index contributed by atoms with van der Waals surface area (Å²) in [6.45, 7) is 0. The quantitative estimate of drug-likeness (QED) is 0.941. The fraction of sp³-hybridized carbons (Fsp3) is 0.429. The van der Waals surface area contributed by atoms with Crippen LogP contribution in [-0.4, -0.2) is 34.7 Å². The molecule has 0 saturated carbocycles. The summed E-state index contributed by atoms with van der Waals surface area (Å²) in [5.41, 5.74) is 1.13. The van der Waals surface area contributed by atoms with Crippen molar-refractivity contribution in [2.24, 2.45) is 0 Å². The van der Waals surface area contributed by atoms with Gasteiger partial charge in [-0.2, -0.15) is 16.7 Å². The van der Waals surface area contributed by atoms with E-state index < -0.39 is 0 Å². The second-order valence-corrected chi connectivity index (χ2v) is 6.40. The van der Waals surface area contributed by atoms with Crippen molar-refractivity contribution in [2.75, 3.05) is 18.6 Å². The van der Waals surface area contributed by atoms with Gasteiger partial charge in [0.25, 0.3) is 0 Å². The Morgan fingerprint density at radius 3 is 2.90 bits per heavy atom. The molecular weight excluding hydrogens is 294 g/mol. The number of aromatic nitrogens is 2. The third-order valence-corrected chi connectivity index (χ3v) is 4.97. The van der Waals surface area contributed by atoms with Gasteiger partial charge in [-0.3, -0.25) is 0 Å². The van der Waals surface area contributed by atoms with Crippen molar-refractivity contribution in [1.29, 1.82) is 0 Å². The fourth-order valence-electron chi connectivity index (χ4n) is 2.36. The highest BCUT2D eigenvalue weighted by Gasteiger charge is 2.32. The van der Waals surface area contributed by atoms with Crippen LogP contribution in [0.1, 0.15) is 23.2 Å². The molecule has 1 fully saturated rings. The van der Waals surface area contributed by atoms with Gasteiger partial charge in [-0.1, -0.05) is 28.9 Å². The highest BCUT2D eigenvalue weighted by Crippen LogP contribution is 2.31. The van der Waals surface area contributed by atoms with Crippen molar-refractivity contribution >= 4 is 23.4 Å². The molecule has 2 atom stereocenters. The van der Waals surface area contributed by atoms with Crippen LogP contribution in [0.5, 0.6) is 0 Å². The normalized spacial score (nSPS) is 22.3. The average Bonchev–Trinajstić information content (AvgIpc) is 3.09. The summed E-state index contributed by atoms with van der Waals surface area (Å²) in [4.78, 5) is 4.54. The first kappa shape index (κ1) is 13.9. The van der Waals surface area contributed by atoms with E-state index in [0.29, 0.717) is 18.4 Å². The number of hydrogen-bond donors (Lipinski definition) is 1. The highest BCUT2D eigenvalue weighted by molar-refractivity contribution is 7.99.